The first-order valence-electron chi connectivity index (χ1n) is 6.39. The first kappa shape index (κ1) is 15.3. The molecule has 0 aliphatic heterocycles. The molecule has 108 valence electrons. The number of carboxylic acid groups (broad SMARTS) is 2. The van der Waals surface area contributed by atoms with Crippen LogP contribution in [0.4, 0.5) is 4.79 Å². The zero-order valence-electron chi connectivity index (χ0n) is 10.9. The van der Waals surface area contributed by atoms with Gasteiger partial charge in [0.1, 0.15) is 6.04 Å². The number of urea groups is 1. The number of hydrogen-bond donors (Lipinski definition) is 4. The maximum Gasteiger partial charge on any atom is 0.326 e. The van der Waals surface area contributed by atoms with Crippen molar-refractivity contribution in [1.29, 1.82) is 0 Å². The Hall–Kier alpha value is -1.79. The first-order chi connectivity index (χ1) is 8.90. The Morgan fingerprint density at radius 2 is 1.89 bits per heavy atom. The summed E-state index contributed by atoms with van der Waals surface area (Å²) in [7, 11) is 0. The maximum atomic E-state index is 11.5. The van der Waals surface area contributed by atoms with Crippen LogP contribution in [0, 0.1) is 11.8 Å². The molecule has 0 bridgehead atoms. The fraction of sp³-hybridized carbons (Fsp3) is 0.750. The van der Waals surface area contributed by atoms with E-state index in [1.165, 1.54) is 12.8 Å². The lowest BCUT2D eigenvalue weighted by Gasteiger charge is -2.16. The van der Waals surface area contributed by atoms with E-state index in [-0.39, 0.29) is 12.8 Å². The zero-order chi connectivity index (χ0) is 14.4. The van der Waals surface area contributed by atoms with Gasteiger partial charge in [0.2, 0.25) is 0 Å². The van der Waals surface area contributed by atoms with Crippen LogP contribution >= 0.6 is 0 Å². The second-order valence-corrected chi connectivity index (χ2v) is 4.99. The predicted octanol–water partition coefficient (Wildman–Crippen LogP) is 0.650. The van der Waals surface area contributed by atoms with Crippen molar-refractivity contribution >= 4 is 18.0 Å². The van der Waals surface area contributed by atoms with Crippen LogP contribution in [0.5, 0.6) is 0 Å². The van der Waals surface area contributed by atoms with Crippen LogP contribution in [-0.2, 0) is 9.59 Å². The molecular weight excluding hydrogens is 252 g/mol. The molecule has 0 aromatic heterocycles. The molecule has 1 unspecified atom stereocenters. The summed E-state index contributed by atoms with van der Waals surface area (Å²) in [4.78, 5) is 32.8. The van der Waals surface area contributed by atoms with Crippen molar-refractivity contribution < 1.29 is 24.6 Å². The molecule has 0 spiro atoms. The Kier molecular flexibility index (Phi) is 5.59. The lowest BCUT2D eigenvalue weighted by atomic mass is 10.1. The molecule has 0 aromatic carbocycles. The highest BCUT2D eigenvalue weighted by atomic mass is 16.4. The molecule has 1 saturated carbocycles. The third kappa shape index (κ3) is 6.08. The quantitative estimate of drug-likeness (QED) is 0.517. The largest absolute Gasteiger partial charge is 0.481 e. The van der Waals surface area contributed by atoms with E-state index < -0.39 is 24.0 Å². The van der Waals surface area contributed by atoms with Crippen LogP contribution in [0.1, 0.15) is 32.6 Å². The second kappa shape index (κ2) is 6.96. The van der Waals surface area contributed by atoms with Gasteiger partial charge < -0.3 is 20.8 Å². The molecule has 4 N–H and O–H groups in total. The van der Waals surface area contributed by atoms with Crippen molar-refractivity contribution in [2.75, 3.05) is 6.54 Å². The fourth-order valence-corrected chi connectivity index (χ4v) is 1.82. The van der Waals surface area contributed by atoms with Gasteiger partial charge in [0.15, 0.2) is 0 Å². The SMILES string of the molecule is CC(CNC(=O)N[C@@H](CCC(=O)O)C(=O)O)C1CC1. The molecule has 7 nitrogen and oxygen atoms in total. The Labute approximate surface area is 111 Å². The molecule has 7 heteroatoms. The maximum absolute atomic E-state index is 11.5. The van der Waals surface area contributed by atoms with Crippen molar-refractivity contribution in [2.24, 2.45) is 11.8 Å². The Morgan fingerprint density at radius 3 is 2.37 bits per heavy atom. The number of carbonyl (C=O) groups excluding carboxylic acids is 1. The van der Waals surface area contributed by atoms with Crippen molar-refractivity contribution in [3.8, 4) is 0 Å². The summed E-state index contributed by atoms with van der Waals surface area (Å²) < 4.78 is 0. The van der Waals surface area contributed by atoms with E-state index in [1.54, 1.807) is 0 Å². The monoisotopic (exact) mass is 272 g/mol. The minimum Gasteiger partial charge on any atom is -0.481 e. The Balaban J connectivity index is 2.29. The Morgan fingerprint density at radius 1 is 1.26 bits per heavy atom. The third-order valence-corrected chi connectivity index (χ3v) is 3.26. The fourth-order valence-electron chi connectivity index (χ4n) is 1.82. The molecule has 2 amide bonds. The van der Waals surface area contributed by atoms with Crippen molar-refractivity contribution in [3.63, 3.8) is 0 Å². The predicted molar refractivity (Wildman–Crippen MR) is 66.7 cm³/mol. The van der Waals surface area contributed by atoms with Gasteiger partial charge in [-0.25, -0.2) is 9.59 Å². The van der Waals surface area contributed by atoms with Crippen molar-refractivity contribution in [1.82, 2.24) is 10.6 Å². The standard InChI is InChI=1S/C12H20N2O5/c1-7(8-2-3-8)6-13-12(19)14-9(11(17)18)4-5-10(15)16/h7-9H,2-6H2,1H3,(H,15,16)(H,17,18)(H2,13,14,19)/t7?,9-/m0/s1. The minimum absolute atomic E-state index is 0.129. The smallest absolute Gasteiger partial charge is 0.326 e. The normalized spacial score (nSPS) is 17.3. The highest BCUT2D eigenvalue weighted by Crippen LogP contribution is 2.35. The topological polar surface area (TPSA) is 116 Å². The lowest BCUT2D eigenvalue weighted by Crippen LogP contribution is -2.47. The lowest BCUT2D eigenvalue weighted by molar-refractivity contribution is -0.140. The number of carboxylic acids is 2. The summed E-state index contributed by atoms with van der Waals surface area (Å²) in [5.74, 6) is -1.28. The van der Waals surface area contributed by atoms with Crippen LogP contribution in [0.2, 0.25) is 0 Å². The number of aliphatic carboxylic acids is 2. The van der Waals surface area contributed by atoms with Gasteiger partial charge in [0, 0.05) is 13.0 Å². The zero-order valence-corrected chi connectivity index (χ0v) is 10.9. The number of rotatable bonds is 8. The summed E-state index contributed by atoms with van der Waals surface area (Å²) in [6, 6.07) is -1.74. The minimum atomic E-state index is -1.23. The van der Waals surface area contributed by atoms with E-state index in [0.29, 0.717) is 18.4 Å². The van der Waals surface area contributed by atoms with E-state index in [9.17, 15) is 14.4 Å². The molecule has 1 fully saturated rings. The van der Waals surface area contributed by atoms with E-state index in [1.807, 2.05) is 6.92 Å². The van der Waals surface area contributed by atoms with E-state index in [0.717, 1.165) is 0 Å². The molecular formula is C12H20N2O5. The number of amides is 2. The summed E-state index contributed by atoms with van der Waals surface area (Å²) in [6.45, 7) is 2.54. The van der Waals surface area contributed by atoms with Crippen LogP contribution in [0.15, 0.2) is 0 Å². The van der Waals surface area contributed by atoms with Gasteiger partial charge >= 0.3 is 18.0 Å². The molecule has 0 radical (unpaired) electrons. The summed E-state index contributed by atoms with van der Waals surface area (Å²) in [5, 5.41) is 22.3. The van der Waals surface area contributed by atoms with Gasteiger partial charge in [0.25, 0.3) is 0 Å². The summed E-state index contributed by atoms with van der Waals surface area (Å²) >= 11 is 0. The second-order valence-electron chi connectivity index (χ2n) is 4.99. The van der Waals surface area contributed by atoms with Gasteiger partial charge in [0.05, 0.1) is 0 Å². The van der Waals surface area contributed by atoms with Crippen molar-refractivity contribution in [3.05, 3.63) is 0 Å². The van der Waals surface area contributed by atoms with Crippen molar-refractivity contribution in [2.45, 2.75) is 38.6 Å². The molecule has 0 heterocycles. The van der Waals surface area contributed by atoms with Gasteiger partial charge in [-0.05, 0) is 31.1 Å². The Bertz CT molecular complexity index is 354. The third-order valence-electron chi connectivity index (χ3n) is 3.26. The molecule has 0 saturated heterocycles. The van der Waals surface area contributed by atoms with E-state index in [4.69, 9.17) is 10.2 Å². The average Bonchev–Trinajstić information content (AvgIpc) is 3.14. The number of hydrogen-bond acceptors (Lipinski definition) is 3. The molecule has 1 rings (SSSR count). The molecule has 19 heavy (non-hydrogen) atoms. The summed E-state index contributed by atoms with van der Waals surface area (Å²) in [6.07, 6.45) is 1.94. The number of carbonyl (C=O) groups is 3. The van der Waals surface area contributed by atoms with Crippen LogP contribution in [0.25, 0.3) is 0 Å². The molecule has 1 aliphatic rings. The highest BCUT2D eigenvalue weighted by Gasteiger charge is 2.28. The van der Waals surface area contributed by atoms with Gasteiger partial charge in [-0.2, -0.15) is 0 Å². The van der Waals surface area contributed by atoms with Crippen LogP contribution in [-0.4, -0.2) is 40.8 Å². The highest BCUT2D eigenvalue weighted by molar-refractivity contribution is 5.82. The molecule has 1 aliphatic carbocycles. The van der Waals surface area contributed by atoms with E-state index in [2.05, 4.69) is 10.6 Å². The number of nitrogens with one attached hydrogen (secondary N) is 2. The molecule has 2 atom stereocenters. The van der Waals surface area contributed by atoms with Crippen LogP contribution < -0.4 is 10.6 Å². The summed E-state index contributed by atoms with van der Waals surface area (Å²) in [5.41, 5.74) is 0. The van der Waals surface area contributed by atoms with Gasteiger partial charge in [-0.15, -0.1) is 0 Å². The van der Waals surface area contributed by atoms with Gasteiger partial charge in [-0.3, -0.25) is 4.79 Å². The first-order valence-corrected chi connectivity index (χ1v) is 6.39. The average molecular weight is 272 g/mol. The van der Waals surface area contributed by atoms with E-state index >= 15 is 0 Å². The molecule has 0 aromatic rings. The van der Waals surface area contributed by atoms with Gasteiger partial charge in [-0.1, -0.05) is 6.92 Å². The van der Waals surface area contributed by atoms with Crippen LogP contribution in [0.3, 0.4) is 0 Å².